The lowest BCUT2D eigenvalue weighted by Gasteiger charge is -2.25. The molecule has 0 aliphatic heterocycles. The van der Waals surface area contributed by atoms with E-state index in [0.29, 0.717) is 5.69 Å². The summed E-state index contributed by atoms with van der Waals surface area (Å²) in [5.74, 6) is -1.32. The first-order valence-electron chi connectivity index (χ1n) is 6.25. The van der Waals surface area contributed by atoms with Gasteiger partial charge < -0.3 is 15.3 Å². The molecule has 1 aromatic rings. The fourth-order valence-corrected chi connectivity index (χ4v) is 1.65. The Balaban J connectivity index is 2.71. The fraction of sp³-hybridized carbons (Fsp3) is 0.429. The number of nitrogens with zero attached hydrogens (tertiary/aromatic N) is 1. The van der Waals surface area contributed by atoms with Crippen LogP contribution in [-0.4, -0.2) is 41.0 Å². The summed E-state index contributed by atoms with van der Waals surface area (Å²) in [6.45, 7) is 5.53. The lowest BCUT2D eigenvalue weighted by molar-refractivity contribution is -0.144. The number of anilines is 1. The van der Waals surface area contributed by atoms with Gasteiger partial charge in [-0.3, -0.25) is 9.59 Å². The molecule has 2 N–H and O–H groups in total. The maximum atomic E-state index is 11.9. The van der Waals surface area contributed by atoms with Crippen molar-refractivity contribution in [1.29, 1.82) is 0 Å². The summed E-state index contributed by atoms with van der Waals surface area (Å²) in [6.07, 6.45) is 0. The van der Waals surface area contributed by atoms with Gasteiger partial charge in [-0.15, -0.1) is 0 Å². The van der Waals surface area contributed by atoms with Crippen LogP contribution in [0.5, 0.6) is 0 Å². The molecule has 0 saturated heterocycles. The third-order valence-corrected chi connectivity index (χ3v) is 2.73. The van der Waals surface area contributed by atoms with E-state index in [2.05, 4.69) is 5.32 Å². The average Bonchev–Trinajstić information content (AvgIpc) is 2.37. The Morgan fingerprint density at radius 3 is 2.32 bits per heavy atom. The minimum absolute atomic E-state index is 0.136. The van der Waals surface area contributed by atoms with Crippen LogP contribution >= 0.6 is 0 Å². The number of carbonyl (C=O) groups excluding carboxylic acids is 2. The van der Waals surface area contributed by atoms with Gasteiger partial charge in [0.15, 0.2) is 0 Å². The Kier molecular flexibility index (Phi) is 5.51. The molecule has 0 spiro atoms. The second-order valence-corrected chi connectivity index (χ2v) is 4.64. The molecule has 2 amide bonds. The van der Waals surface area contributed by atoms with E-state index in [1.807, 2.05) is 19.1 Å². The third kappa shape index (κ3) is 4.37. The van der Waals surface area contributed by atoms with Crippen molar-refractivity contribution >= 4 is 17.5 Å². The van der Waals surface area contributed by atoms with Crippen LogP contribution in [0.2, 0.25) is 0 Å². The molecule has 0 aliphatic carbocycles. The van der Waals surface area contributed by atoms with Gasteiger partial charge >= 0.3 is 11.8 Å². The molecule has 104 valence electrons. The van der Waals surface area contributed by atoms with Crippen LogP contribution in [0.25, 0.3) is 0 Å². The maximum Gasteiger partial charge on any atom is 0.313 e. The molecule has 19 heavy (non-hydrogen) atoms. The molecule has 0 aliphatic rings. The predicted molar refractivity (Wildman–Crippen MR) is 73.7 cm³/mol. The van der Waals surface area contributed by atoms with Crippen molar-refractivity contribution in [2.45, 2.75) is 26.8 Å². The van der Waals surface area contributed by atoms with Crippen molar-refractivity contribution in [2.75, 3.05) is 18.5 Å². The van der Waals surface area contributed by atoms with Crippen LogP contribution in [0.3, 0.4) is 0 Å². The molecule has 0 saturated carbocycles. The van der Waals surface area contributed by atoms with Gasteiger partial charge in [0.2, 0.25) is 0 Å². The molecule has 5 heteroatoms. The summed E-state index contributed by atoms with van der Waals surface area (Å²) in [5.41, 5.74) is 1.66. The first kappa shape index (κ1) is 15.2. The van der Waals surface area contributed by atoms with E-state index < -0.39 is 11.8 Å². The zero-order valence-electron chi connectivity index (χ0n) is 11.5. The van der Waals surface area contributed by atoms with E-state index in [1.165, 1.54) is 4.90 Å². The standard InChI is InChI=1S/C14H20N2O3/c1-10(2)16(8-9-17)14(19)13(18)15-12-6-4-11(3)5-7-12/h4-7,10,17H,8-9H2,1-3H3,(H,15,18). The molecule has 0 atom stereocenters. The summed E-state index contributed by atoms with van der Waals surface area (Å²) in [7, 11) is 0. The Morgan fingerprint density at radius 1 is 1.26 bits per heavy atom. The lowest BCUT2D eigenvalue weighted by atomic mass is 10.2. The first-order chi connectivity index (χ1) is 8.95. The number of hydrogen-bond donors (Lipinski definition) is 2. The second-order valence-electron chi connectivity index (χ2n) is 4.64. The monoisotopic (exact) mass is 264 g/mol. The smallest absolute Gasteiger partial charge is 0.313 e. The summed E-state index contributed by atoms with van der Waals surface area (Å²) < 4.78 is 0. The number of nitrogens with one attached hydrogen (secondary N) is 1. The zero-order valence-corrected chi connectivity index (χ0v) is 11.5. The van der Waals surface area contributed by atoms with Gasteiger partial charge in [-0.1, -0.05) is 17.7 Å². The summed E-state index contributed by atoms with van der Waals surface area (Å²) in [5, 5.41) is 11.5. The summed E-state index contributed by atoms with van der Waals surface area (Å²) in [4.78, 5) is 25.1. The van der Waals surface area contributed by atoms with Crippen molar-refractivity contribution in [1.82, 2.24) is 4.90 Å². The van der Waals surface area contributed by atoms with Crippen molar-refractivity contribution in [3.05, 3.63) is 29.8 Å². The molecular formula is C14H20N2O3. The number of rotatable bonds is 4. The minimum atomic E-state index is -0.689. The summed E-state index contributed by atoms with van der Waals surface area (Å²) >= 11 is 0. The molecule has 0 aromatic heterocycles. The highest BCUT2D eigenvalue weighted by atomic mass is 16.3. The highest BCUT2D eigenvalue weighted by molar-refractivity contribution is 6.39. The van der Waals surface area contributed by atoms with Gasteiger partial charge in [-0.25, -0.2) is 0 Å². The van der Waals surface area contributed by atoms with E-state index in [4.69, 9.17) is 5.11 Å². The predicted octanol–water partition coefficient (Wildman–Crippen LogP) is 1.16. The maximum absolute atomic E-state index is 11.9. The van der Waals surface area contributed by atoms with Crippen LogP contribution in [0.4, 0.5) is 5.69 Å². The molecule has 1 rings (SSSR count). The SMILES string of the molecule is Cc1ccc(NC(=O)C(=O)N(CCO)C(C)C)cc1. The highest BCUT2D eigenvalue weighted by Crippen LogP contribution is 2.09. The van der Waals surface area contributed by atoms with Crippen molar-refractivity contribution in [3.63, 3.8) is 0 Å². The van der Waals surface area contributed by atoms with Crippen LogP contribution in [0.15, 0.2) is 24.3 Å². The lowest BCUT2D eigenvalue weighted by Crippen LogP contribution is -2.45. The Labute approximate surface area is 113 Å². The minimum Gasteiger partial charge on any atom is -0.395 e. The Morgan fingerprint density at radius 2 is 1.84 bits per heavy atom. The third-order valence-electron chi connectivity index (χ3n) is 2.73. The van der Waals surface area contributed by atoms with E-state index in [9.17, 15) is 9.59 Å². The number of amides is 2. The molecule has 0 fully saturated rings. The number of benzene rings is 1. The van der Waals surface area contributed by atoms with E-state index in [0.717, 1.165) is 5.56 Å². The molecule has 0 bridgehead atoms. The van der Waals surface area contributed by atoms with Crippen LogP contribution in [-0.2, 0) is 9.59 Å². The van der Waals surface area contributed by atoms with Gasteiger partial charge in [0.1, 0.15) is 0 Å². The largest absolute Gasteiger partial charge is 0.395 e. The first-order valence-corrected chi connectivity index (χ1v) is 6.25. The Bertz CT molecular complexity index is 441. The number of aryl methyl sites for hydroxylation is 1. The van der Waals surface area contributed by atoms with Crippen molar-refractivity contribution in [2.24, 2.45) is 0 Å². The van der Waals surface area contributed by atoms with Gasteiger partial charge in [0.25, 0.3) is 0 Å². The zero-order chi connectivity index (χ0) is 14.4. The number of aliphatic hydroxyl groups is 1. The second kappa shape index (κ2) is 6.89. The van der Waals surface area contributed by atoms with E-state index in [1.54, 1.807) is 26.0 Å². The van der Waals surface area contributed by atoms with Crippen molar-refractivity contribution < 1.29 is 14.7 Å². The van der Waals surface area contributed by atoms with Crippen LogP contribution in [0, 0.1) is 6.92 Å². The van der Waals surface area contributed by atoms with Crippen LogP contribution < -0.4 is 5.32 Å². The number of hydrogen-bond acceptors (Lipinski definition) is 3. The van der Waals surface area contributed by atoms with E-state index in [-0.39, 0.29) is 19.2 Å². The fourth-order valence-electron chi connectivity index (χ4n) is 1.65. The topological polar surface area (TPSA) is 69.6 Å². The molecular weight excluding hydrogens is 244 g/mol. The average molecular weight is 264 g/mol. The van der Waals surface area contributed by atoms with Gasteiger partial charge in [0, 0.05) is 18.3 Å². The summed E-state index contributed by atoms with van der Waals surface area (Å²) in [6, 6.07) is 7.06. The van der Waals surface area contributed by atoms with Gasteiger partial charge in [-0.2, -0.15) is 0 Å². The molecule has 5 nitrogen and oxygen atoms in total. The van der Waals surface area contributed by atoms with Gasteiger partial charge in [0.05, 0.1) is 6.61 Å². The molecule has 1 aromatic carbocycles. The Hall–Kier alpha value is -1.88. The number of aliphatic hydroxyl groups excluding tert-OH is 1. The van der Waals surface area contributed by atoms with E-state index >= 15 is 0 Å². The molecule has 0 unspecified atom stereocenters. The van der Waals surface area contributed by atoms with Crippen LogP contribution in [0.1, 0.15) is 19.4 Å². The van der Waals surface area contributed by atoms with Gasteiger partial charge in [-0.05, 0) is 32.9 Å². The normalized spacial score (nSPS) is 10.4. The van der Waals surface area contributed by atoms with Crippen molar-refractivity contribution in [3.8, 4) is 0 Å². The molecule has 0 radical (unpaired) electrons. The molecule has 0 heterocycles. The number of carbonyl (C=O) groups is 2. The quantitative estimate of drug-likeness (QED) is 0.802. The highest BCUT2D eigenvalue weighted by Gasteiger charge is 2.23.